The van der Waals surface area contributed by atoms with Gasteiger partial charge in [-0.15, -0.1) is 11.3 Å². The number of hydrogen-bond donors (Lipinski definition) is 0. The fraction of sp³-hybridized carbons (Fsp3) is 0.123. The molecule has 296 valence electrons. The Bertz CT molecular complexity index is 3300. The standard InChI is InChI=1S/C57H42N4S/c1-34-32-39(57-60-55(36-16-6-3-7-17-36)59-56(61-57)37-18-8-4-9-19-37)27-28-40(34)38-26-29-47-49(33-38)58-53(54-52(47)48-24-14-15-25-50(48)62-54)41-30-31-46-44-21-11-5-10-20-42(44)43-22-12-13-23-45(43)51(46)35(41)2/h3-4,6-35,40,51H,5H2,1-2H3. The van der Waals surface area contributed by atoms with Crippen molar-refractivity contribution in [1.29, 1.82) is 0 Å². The fourth-order valence-electron chi connectivity index (χ4n) is 10.2. The van der Waals surface area contributed by atoms with Crippen LogP contribution in [-0.4, -0.2) is 19.9 Å². The van der Waals surface area contributed by atoms with Gasteiger partial charge in [0.15, 0.2) is 17.5 Å². The second-order valence-electron chi connectivity index (χ2n) is 16.9. The lowest BCUT2D eigenvalue weighted by Gasteiger charge is -2.38. The maximum absolute atomic E-state index is 5.69. The van der Waals surface area contributed by atoms with Crippen molar-refractivity contribution in [2.75, 3.05) is 0 Å². The van der Waals surface area contributed by atoms with E-state index in [9.17, 15) is 0 Å². The molecule has 62 heavy (non-hydrogen) atoms. The summed E-state index contributed by atoms with van der Waals surface area (Å²) in [4.78, 5) is 20.7. The highest BCUT2D eigenvalue weighted by Crippen LogP contribution is 2.54. The van der Waals surface area contributed by atoms with Gasteiger partial charge >= 0.3 is 0 Å². The van der Waals surface area contributed by atoms with Crippen LogP contribution in [0.3, 0.4) is 0 Å². The molecule has 0 spiro atoms. The van der Waals surface area contributed by atoms with Crippen LogP contribution in [0.25, 0.3) is 70.6 Å². The topological polar surface area (TPSA) is 51.6 Å². The van der Waals surface area contributed by atoms with Gasteiger partial charge in [-0.2, -0.15) is 0 Å². The summed E-state index contributed by atoms with van der Waals surface area (Å²) < 4.78 is 2.56. The summed E-state index contributed by atoms with van der Waals surface area (Å²) >= 11 is 1.88. The second-order valence-corrected chi connectivity index (χ2v) is 18.0. The summed E-state index contributed by atoms with van der Waals surface area (Å²) in [6.45, 7) is 4.71. The van der Waals surface area contributed by atoms with E-state index in [-0.39, 0.29) is 23.7 Å². The van der Waals surface area contributed by atoms with Crippen LogP contribution < -0.4 is 0 Å². The molecule has 4 aliphatic rings. The lowest BCUT2D eigenvalue weighted by molar-refractivity contribution is 0.623. The molecule has 0 radical (unpaired) electrons. The third-order valence-corrected chi connectivity index (χ3v) is 14.4. The second kappa shape index (κ2) is 14.8. The maximum atomic E-state index is 5.69. The fourth-order valence-corrected chi connectivity index (χ4v) is 11.5. The summed E-state index contributed by atoms with van der Waals surface area (Å²) in [7, 11) is 0. The Labute approximate surface area is 365 Å². The number of fused-ring (bicyclic) bond motifs is 10. The average Bonchev–Trinajstić information content (AvgIpc) is 3.54. The largest absolute Gasteiger partial charge is 0.247 e. The van der Waals surface area contributed by atoms with Crippen molar-refractivity contribution >= 4 is 59.1 Å². The van der Waals surface area contributed by atoms with E-state index >= 15 is 0 Å². The van der Waals surface area contributed by atoms with Crippen molar-refractivity contribution in [3.05, 3.63) is 221 Å². The predicted octanol–water partition coefficient (Wildman–Crippen LogP) is 14.5. The number of thiophene rings is 1. The van der Waals surface area contributed by atoms with Crippen LogP contribution in [0.2, 0.25) is 0 Å². The van der Waals surface area contributed by atoms with Gasteiger partial charge in [0.1, 0.15) is 0 Å². The van der Waals surface area contributed by atoms with Gasteiger partial charge in [0.05, 0.1) is 15.9 Å². The van der Waals surface area contributed by atoms with Crippen LogP contribution >= 0.6 is 11.3 Å². The van der Waals surface area contributed by atoms with Gasteiger partial charge in [-0.3, -0.25) is 0 Å². The zero-order chi connectivity index (χ0) is 41.3. The lowest BCUT2D eigenvalue weighted by atomic mass is 9.66. The summed E-state index contributed by atoms with van der Waals surface area (Å²) in [5.74, 6) is 2.83. The Hall–Kier alpha value is -7.08. The monoisotopic (exact) mass is 814 g/mol. The van der Waals surface area contributed by atoms with E-state index in [0.717, 1.165) is 34.3 Å². The number of hydrogen-bond acceptors (Lipinski definition) is 5. The van der Waals surface area contributed by atoms with Gasteiger partial charge in [0, 0.05) is 49.4 Å². The predicted molar refractivity (Wildman–Crippen MR) is 259 cm³/mol. The molecular formula is C57H42N4S. The van der Waals surface area contributed by atoms with Crippen molar-refractivity contribution in [1.82, 2.24) is 19.9 Å². The molecule has 5 aromatic carbocycles. The van der Waals surface area contributed by atoms with E-state index in [1.807, 2.05) is 47.7 Å². The molecule has 0 bridgehead atoms. The van der Waals surface area contributed by atoms with Gasteiger partial charge in [-0.05, 0) is 69.4 Å². The minimum Gasteiger partial charge on any atom is -0.247 e. The zero-order valence-electron chi connectivity index (χ0n) is 34.5. The van der Waals surface area contributed by atoms with Crippen LogP contribution in [0.1, 0.15) is 60.3 Å². The first kappa shape index (κ1) is 36.7. The average molecular weight is 815 g/mol. The molecule has 0 amide bonds. The summed E-state index contributed by atoms with van der Waals surface area (Å²) in [6.07, 6.45) is 21.8. The minimum absolute atomic E-state index is 0.161. The molecule has 0 N–H and O–H groups in total. The number of benzene rings is 5. The van der Waals surface area contributed by atoms with Gasteiger partial charge in [-0.25, -0.2) is 19.9 Å². The van der Waals surface area contributed by atoms with Crippen molar-refractivity contribution in [3.8, 4) is 22.8 Å². The Morgan fingerprint density at radius 1 is 0.597 bits per heavy atom. The SMILES string of the molecule is CC1C=C(c2nc(-c3ccccc3)nc(-c3ccccc3)n2)C=CC1c1ccc2c(c1)nc(C1=CC=C3C4=C(C=CCC=C4)c4ccccc4C3C1C)c1sc3ccccc3c12. The number of rotatable bonds is 5. The Balaban J connectivity index is 0.960. The summed E-state index contributed by atoms with van der Waals surface area (Å²) in [5.41, 5.74) is 14.5. The van der Waals surface area contributed by atoms with Crippen molar-refractivity contribution in [3.63, 3.8) is 0 Å². The van der Waals surface area contributed by atoms with Crippen LogP contribution in [0.15, 0.2) is 193 Å². The molecule has 0 saturated heterocycles. The normalized spacial score (nSPS) is 20.4. The van der Waals surface area contributed by atoms with Crippen LogP contribution in [0, 0.1) is 11.8 Å². The van der Waals surface area contributed by atoms with Gasteiger partial charge in [0.2, 0.25) is 0 Å². The molecule has 3 aromatic heterocycles. The zero-order valence-corrected chi connectivity index (χ0v) is 35.4. The first-order chi connectivity index (χ1) is 30.6. The highest BCUT2D eigenvalue weighted by molar-refractivity contribution is 7.26. The quantitative estimate of drug-likeness (QED) is 0.174. The van der Waals surface area contributed by atoms with E-state index < -0.39 is 0 Å². The molecule has 5 heteroatoms. The summed E-state index contributed by atoms with van der Waals surface area (Å²) in [6, 6.07) is 45.2. The number of allylic oxidation sites excluding steroid dienone is 14. The van der Waals surface area contributed by atoms with Crippen LogP contribution in [0.4, 0.5) is 0 Å². The van der Waals surface area contributed by atoms with E-state index in [1.54, 1.807) is 0 Å². The first-order valence-corrected chi connectivity index (χ1v) is 22.5. The number of nitrogens with zero attached hydrogens (tertiary/aromatic N) is 4. The van der Waals surface area contributed by atoms with Crippen molar-refractivity contribution in [2.45, 2.75) is 32.1 Å². The number of aromatic nitrogens is 4. The molecule has 4 atom stereocenters. The van der Waals surface area contributed by atoms with E-state index in [4.69, 9.17) is 19.9 Å². The van der Waals surface area contributed by atoms with Crippen LogP contribution in [-0.2, 0) is 0 Å². The van der Waals surface area contributed by atoms with E-state index in [2.05, 4.69) is 160 Å². The third kappa shape index (κ3) is 6.02. The highest BCUT2D eigenvalue weighted by Gasteiger charge is 2.37. The highest BCUT2D eigenvalue weighted by atomic mass is 32.1. The molecule has 8 aromatic rings. The summed E-state index contributed by atoms with van der Waals surface area (Å²) in [5, 5.41) is 3.80. The molecule has 12 rings (SSSR count). The Morgan fingerprint density at radius 2 is 1.27 bits per heavy atom. The van der Waals surface area contributed by atoms with Gasteiger partial charge in [-0.1, -0.05) is 184 Å². The molecule has 0 saturated carbocycles. The molecular weight excluding hydrogens is 773 g/mol. The number of pyridine rings is 1. The maximum Gasteiger partial charge on any atom is 0.164 e. The molecule has 4 nitrogen and oxygen atoms in total. The molecule has 0 fully saturated rings. The lowest BCUT2D eigenvalue weighted by Crippen LogP contribution is -2.23. The van der Waals surface area contributed by atoms with Gasteiger partial charge in [0.25, 0.3) is 0 Å². The van der Waals surface area contributed by atoms with Gasteiger partial charge < -0.3 is 0 Å². The minimum atomic E-state index is 0.161. The Morgan fingerprint density at radius 3 is 2.05 bits per heavy atom. The molecule has 0 aliphatic heterocycles. The first-order valence-electron chi connectivity index (χ1n) is 21.7. The van der Waals surface area contributed by atoms with Crippen molar-refractivity contribution < 1.29 is 0 Å². The Kier molecular flexibility index (Phi) is 8.79. The van der Waals surface area contributed by atoms with Crippen LogP contribution in [0.5, 0.6) is 0 Å². The molecule has 4 aliphatic carbocycles. The third-order valence-electron chi connectivity index (χ3n) is 13.2. The van der Waals surface area contributed by atoms with E-state index in [0.29, 0.717) is 17.5 Å². The molecule has 4 unspecified atom stereocenters. The van der Waals surface area contributed by atoms with Crippen molar-refractivity contribution in [2.24, 2.45) is 11.8 Å². The smallest absolute Gasteiger partial charge is 0.164 e. The molecule has 3 heterocycles. The van der Waals surface area contributed by atoms with E-state index in [1.165, 1.54) is 64.5 Å².